The minimum Gasteiger partial charge on any atom is -0.366 e. The van der Waals surface area contributed by atoms with Crippen LogP contribution in [0.5, 0.6) is 0 Å². The van der Waals surface area contributed by atoms with Crippen LogP contribution in [0.25, 0.3) is 5.65 Å². The van der Waals surface area contributed by atoms with Crippen molar-refractivity contribution in [3.05, 3.63) is 64.6 Å². The molecule has 0 radical (unpaired) electrons. The first-order valence-corrected chi connectivity index (χ1v) is 7.19. The molecule has 0 unspecified atom stereocenters. The highest BCUT2D eigenvalue weighted by atomic mass is 35.5. The normalized spacial score (nSPS) is 10.7. The van der Waals surface area contributed by atoms with Crippen LogP contribution in [0.15, 0.2) is 42.6 Å². The summed E-state index contributed by atoms with van der Waals surface area (Å²) >= 11 is 5.99. The first-order chi connectivity index (χ1) is 11.0. The number of fused-ring (bicyclic) bond motifs is 1. The molecule has 6 nitrogen and oxygen atoms in total. The third-order valence-electron chi connectivity index (χ3n) is 3.40. The van der Waals surface area contributed by atoms with E-state index in [-0.39, 0.29) is 5.91 Å². The van der Waals surface area contributed by atoms with Crippen LogP contribution in [-0.2, 0) is 0 Å². The number of rotatable bonds is 3. The number of primary amides is 1. The van der Waals surface area contributed by atoms with E-state index in [0.29, 0.717) is 33.3 Å². The van der Waals surface area contributed by atoms with Gasteiger partial charge in [-0.15, -0.1) is 0 Å². The average molecular weight is 329 g/mol. The van der Waals surface area contributed by atoms with Gasteiger partial charge in [-0.25, -0.2) is 4.98 Å². The Bertz CT molecular complexity index is 916. The van der Waals surface area contributed by atoms with Crippen LogP contribution in [0, 0.1) is 6.92 Å². The zero-order chi connectivity index (χ0) is 16.6. The Hall–Kier alpha value is -2.86. The maximum absolute atomic E-state index is 12.5. The highest BCUT2D eigenvalue weighted by Gasteiger charge is 2.17. The quantitative estimate of drug-likeness (QED) is 0.774. The maximum atomic E-state index is 12.5. The van der Waals surface area contributed by atoms with Gasteiger partial charge < -0.3 is 11.1 Å². The van der Waals surface area contributed by atoms with E-state index in [1.54, 1.807) is 53.9 Å². The van der Waals surface area contributed by atoms with E-state index < -0.39 is 5.91 Å². The Balaban J connectivity index is 1.93. The molecule has 0 atom stereocenters. The van der Waals surface area contributed by atoms with E-state index in [1.807, 2.05) is 0 Å². The molecule has 2 aromatic heterocycles. The summed E-state index contributed by atoms with van der Waals surface area (Å²) in [7, 11) is 0. The molecule has 0 aliphatic heterocycles. The van der Waals surface area contributed by atoms with Crippen molar-refractivity contribution < 1.29 is 9.59 Å². The van der Waals surface area contributed by atoms with Crippen LogP contribution in [0.1, 0.15) is 26.5 Å². The SMILES string of the molecule is Cc1nc2ccc(Cl)cn2c1C(=O)Nc1ccc(C(N)=O)cc1. The van der Waals surface area contributed by atoms with Gasteiger partial charge in [0.2, 0.25) is 5.91 Å². The molecule has 0 fully saturated rings. The molecule has 3 rings (SSSR count). The van der Waals surface area contributed by atoms with Crippen LogP contribution in [0.2, 0.25) is 5.02 Å². The van der Waals surface area contributed by atoms with Crippen LogP contribution in [0.3, 0.4) is 0 Å². The highest BCUT2D eigenvalue weighted by Crippen LogP contribution is 2.18. The molecule has 0 saturated heterocycles. The Morgan fingerprint density at radius 2 is 1.87 bits per heavy atom. The number of carbonyl (C=O) groups is 2. The van der Waals surface area contributed by atoms with Crippen LogP contribution < -0.4 is 11.1 Å². The minimum atomic E-state index is -0.518. The van der Waals surface area contributed by atoms with E-state index in [0.717, 1.165) is 0 Å². The van der Waals surface area contributed by atoms with Crippen molar-refractivity contribution in [1.82, 2.24) is 9.38 Å². The van der Waals surface area contributed by atoms with E-state index >= 15 is 0 Å². The van der Waals surface area contributed by atoms with Gasteiger partial charge in [0, 0.05) is 17.4 Å². The lowest BCUT2D eigenvalue weighted by molar-refractivity contribution is 0.0997. The lowest BCUT2D eigenvalue weighted by Gasteiger charge is -2.07. The number of imidazole rings is 1. The first-order valence-electron chi connectivity index (χ1n) is 6.81. The summed E-state index contributed by atoms with van der Waals surface area (Å²) in [6.07, 6.45) is 1.64. The van der Waals surface area contributed by atoms with Crippen LogP contribution >= 0.6 is 11.6 Å². The Kier molecular flexibility index (Phi) is 3.75. The second kappa shape index (κ2) is 5.73. The fraction of sp³-hybridized carbons (Fsp3) is 0.0625. The molecule has 0 bridgehead atoms. The van der Waals surface area contributed by atoms with Crippen molar-refractivity contribution in [3.63, 3.8) is 0 Å². The number of aryl methyl sites for hydroxylation is 1. The number of hydrogen-bond acceptors (Lipinski definition) is 3. The second-order valence-corrected chi connectivity index (χ2v) is 5.45. The number of nitrogens with two attached hydrogens (primary N) is 1. The van der Waals surface area contributed by atoms with Gasteiger partial charge in [0.1, 0.15) is 11.3 Å². The molecule has 116 valence electrons. The second-order valence-electron chi connectivity index (χ2n) is 5.02. The number of amides is 2. The highest BCUT2D eigenvalue weighted by molar-refractivity contribution is 6.30. The number of nitrogens with zero attached hydrogens (tertiary/aromatic N) is 2. The van der Waals surface area contributed by atoms with E-state index in [2.05, 4.69) is 10.3 Å². The Morgan fingerprint density at radius 1 is 1.17 bits per heavy atom. The minimum absolute atomic E-state index is 0.316. The number of nitrogens with one attached hydrogen (secondary N) is 1. The number of anilines is 1. The van der Waals surface area contributed by atoms with Crippen molar-refractivity contribution in [2.45, 2.75) is 6.92 Å². The van der Waals surface area contributed by atoms with Crippen LogP contribution in [0.4, 0.5) is 5.69 Å². The zero-order valence-corrected chi connectivity index (χ0v) is 13.0. The molecule has 3 N–H and O–H groups in total. The standard InChI is InChI=1S/C16H13ClN4O2/c1-9-14(21-8-11(17)4-7-13(21)19-9)16(23)20-12-5-2-10(3-6-12)15(18)22/h2-8H,1H3,(H2,18,22)(H,20,23). The van der Waals surface area contributed by atoms with Crippen molar-refractivity contribution in [2.75, 3.05) is 5.32 Å². The third-order valence-corrected chi connectivity index (χ3v) is 3.62. The number of benzene rings is 1. The summed E-state index contributed by atoms with van der Waals surface area (Å²) in [5.41, 5.74) is 7.76. The molecule has 0 aliphatic carbocycles. The van der Waals surface area contributed by atoms with Gasteiger partial charge in [0.15, 0.2) is 0 Å². The first kappa shape index (κ1) is 15.1. The molecular weight excluding hydrogens is 316 g/mol. The fourth-order valence-corrected chi connectivity index (χ4v) is 2.48. The predicted molar refractivity (Wildman–Crippen MR) is 87.9 cm³/mol. The van der Waals surface area contributed by atoms with Crippen molar-refractivity contribution in [2.24, 2.45) is 5.73 Å². The molecule has 2 heterocycles. The molecule has 23 heavy (non-hydrogen) atoms. The lowest BCUT2D eigenvalue weighted by atomic mass is 10.2. The van der Waals surface area contributed by atoms with Gasteiger partial charge in [-0.3, -0.25) is 14.0 Å². The van der Waals surface area contributed by atoms with E-state index in [9.17, 15) is 9.59 Å². The summed E-state index contributed by atoms with van der Waals surface area (Å²) in [4.78, 5) is 27.9. The molecule has 0 spiro atoms. The van der Waals surface area contributed by atoms with Gasteiger partial charge in [-0.05, 0) is 43.3 Å². The summed E-state index contributed by atoms with van der Waals surface area (Å²) in [6.45, 7) is 1.76. The Labute approximate surface area is 136 Å². The van der Waals surface area contributed by atoms with E-state index in [4.69, 9.17) is 17.3 Å². The molecule has 0 saturated carbocycles. The lowest BCUT2D eigenvalue weighted by Crippen LogP contribution is -2.16. The van der Waals surface area contributed by atoms with Gasteiger partial charge >= 0.3 is 0 Å². The molecule has 3 aromatic rings. The number of aromatic nitrogens is 2. The van der Waals surface area contributed by atoms with Gasteiger partial charge in [-0.2, -0.15) is 0 Å². The van der Waals surface area contributed by atoms with Crippen molar-refractivity contribution in [1.29, 1.82) is 0 Å². The topological polar surface area (TPSA) is 89.5 Å². The number of hydrogen-bond donors (Lipinski definition) is 2. The predicted octanol–water partition coefficient (Wildman–Crippen LogP) is 2.65. The van der Waals surface area contributed by atoms with E-state index in [1.165, 1.54) is 0 Å². The maximum Gasteiger partial charge on any atom is 0.274 e. The molecular formula is C16H13ClN4O2. The number of halogens is 1. The average Bonchev–Trinajstić information content (AvgIpc) is 2.83. The summed E-state index contributed by atoms with van der Waals surface area (Å²) in [6, 6.07) is 9.79. The van der Waals surface area contributed by atoms with Gasteiger partial charge in [0.05, 0.1) is 10.7 Å². The summed E-state index contributed by atoms with van der Waals surface area (Å²) in [5, 5.41) is 3.28. The monoisotopic (exact) mass is 328 g/mol. The third kappa shape index (κ3) is 2.89. The molecule has 7 heteroatoms. The summed E-state index contributed by atoms with van der Waals surface area (Å²) in [5.74, 6) is -0.834. The van der Waals surface area contributed by atoms with Gasteiger partial charge in [-0.1, -0.05) is 11.6 Å². The van der Waals surface area contributed by atoms with Crippen molar-refractivity contribution >= 4 is 34.7 Å². The number of carbonyl (C=O) groups excluding carboxylic acids is 2. The smallest absolute Gasteiger partial charge is 0.274 e. The zero-order valence-electron chi connectivity index (χ0n) is 12.2. The molecule has 2 amide bonds. The molecule has 1 aromatic carbocycles. The summed E-state index contributed by atoms with van der Waals surface area (Å²) < 4.78 is 1.64. The Morgan fingerprint density at radius 3 is 2.52 bits per heavy atom. The van der Waals surface area contributed by atoms with Crippen LogP contribution in [-0.4, -0.2) is 21.2 Å². The van der Waals surface area contributed by atoms with Crippen molar-refractivity contribution in [3.8, 4) is 0 Å². The number of pyridine rings is 1. The largest absolute Gasteiger partial charge is 0.366 e. The molecule has 0 aliphatic rings. The fourth-order valence-electron chi connectivity index (χ4n) is 2.32. The van der Waals surface area contributed by atoms with Gasteiger partial charge in [0.25, 0.3) is 5.91 Å².